The Bertz CT molecular complexity index is 487. The highest BCUT2D eigenvalue weighted by atomic mass is 16.5. The molecular formula is C16H24N2O2. The first-order chi connectivity index (χ1) is 9.58. The fraction of sp³-hybridized carbons (Fsp3) is 0.562. The van der Waals surface area contributed by atoms with Crippen molar-refractivity contribution in [3.8, 4) is 5.75 Å². The minimum Gasteiger partial charge on any atom is -0.496 e. The van der Waals surface area contributed by atoms with E-state index < -0.39 is 0 Å². The van der Waals surface area contributed by atoms with Gasteiger partial charge in [0.05, 0.1) is 12.7 Å². The van der Waals surface area contributed by atoms with E-state index in [1.54, 1.807) is 7.11 Å². The zero-order chi connectivity index (χ0) is 14.7. The van der Waals surface area contributed by atoms with Gasteiger partial charge in [-0.25, -0.2) is 0 Å². The second kappa shape index (κ2) is 6.27. The molecule has 0 aliphatic heterocycles. The second-order valence-corrected chi connectivity index (χ2v) is 5.61. The smallest absolute Gasteiger partial charge is 0.257 e. The van der Waals surface area contributed by atoms with Gasteiger partial charge in [0.2, 0.25) is 0 Å². The molecule has 1 aromatic rings. The molecular weight excluding hydrogens is 252 g/mol. The molecule has 4 heteroatoms. The molecule has 2 unspecified atom stereocenters. The first-order valence-corrected chi connectivity index (χ1v) is 7.20. The molecule has 2 rings (SSSR count). The number of amides is 1. The lowest BCUT2D eigenvalue weighted by Crippen LogP contribution is -2.41. The number of ether oxygens (including phenoxy) is 1. The first-order valence-electron chi connectivity index (χ1n) is 7.20. The third-order valence-corrected chi connectivity index (χ3v) is 4.32. The van der Waals surface area contributed by atoms with Gasteiger partial charge in [0, 0.05) is 13.1 Å². The van der Waals surface area contributed by atoms with Gasteiger partial charge in [0.25, 0.3) is 5.91 Å². The quantitative estimate of drug-likeness (QED) is 0.917. The van der Waals surface area contributed by atoms with Crippen molar-refractivity contribution in [1.82, 2.24) is 4.90 Å². The summed E-state index contributed by atoms with van der Waals surface area (Å²) in [5.74, 6) is 1.07. The van der Waals surface area contributed by atoms with Crippen LogP contribution in [-0.2, 0) is 0 Å². The van der Waals surface area contributed by atoms with Crippen LogP contribution in [0.15, 0.2) is 18.2 Å². The van der Waals surface area contributed by atoms with Crippen LogP contribution in [0.4, 0.5) is 0 Å². The highest BCUT2D eigenvalue weighted by Crippen LogP contribution is 2.30. The zero-order valence-corrected chi connectivity index (χ0v) is 12.6. The summed E-state index contributed by atoms with van der Waals surface area (Å²) >= 11 is 0. The van der Waals surface area contributed by atoms with Crippen LogP contribution < -0.4 is 10.5 Å². The summed E-state index contributed by atoms with van der Waals surface area (Å²) in [6.45, 7) is 2.63. The number of nitrogens with zero attached hydrogens (tertiary/aromatic N) is 1. The number of rotatable bonds is 4. The van der Waals surface area contributed by atoms with Crippen LogP contribution in [0.1, 0.15) is 35.2 Å². The van der Waals surface area contributed by atoms with Gasteiger partial charge in [-0.1, -0.05) is 18.1 Å². The Balaban J connectivity index is 2.24. The predicted octanol–water partition coefficient (Wildman–Crippen LogP) is 2.20. The molecule has 0 aromatic heterocycles. The molecule has 4 nitrogen and oxygen atoms in total. The maximum absolute atomic E-state index is 12.7. The van der Waals surface area contributed by atoms with Crippen LogP contribution in [0.2, 0.25) is 0 Å². The summed E-state index contributed by atoms with van der Waals surface area (Å²) in [4.78, 5) is 14.6. The highest BCUT2D eigenvalue weighted by Gasteiger charge is 2.32. The summed E-state index contributed by atoms with van der Waals surface area (Å²) in [7, 11) is 3.47. The normalized spacial score (nSPS) is 21.8. The molecule has 0 saturated heterocycles. The lowest BCUT2D eigenvalue weighted by molar-refractivity contribution is 0.0696. The average Bonchev–Trinajstić information content (AvgIpc) is 2.94. The van der Waals surface area contributed by atoms with Gasteiger partial charge in [0.15, 0.2) is 0 Å². The largest absolute Gasteiger partial charge is 0.496 e. The van der Waals surface area contributed by atoms with Gasteiger partial charge in [-0.3, -0.25) is 4.79 Å². The van der Waals surface area contributed by atoms with Crippen molar-refractivity contribution in [3.05, 3.63) is 29.3 Å². The van der Waals surface area contributed by atoms with Crippen LogP contribution in [0.3, 0.4) is 0 Å². The maximum Gasteiger partial charge on any atom is 0.257 e. The molecule has 1 amide bonds. The summed E-state index contributed by atoms with van der Waals surface area (Å²) < 4.78 is 5.32. The van der Waals surface area contributed by atoms with Crippen LogP contribution >= 0.6 is 0 Å². The zero-order valence-electron chi connectivity index (χ0n) is 12.6. The highest BCUT2D eigenvalue weighted by molar-refractivity contribution is 5.97. The number of benzene rings is 1. The van der Waals surface area contributed by atoms with Gasteiger partial charge >= 0.3 is 0 Å². The number of methoxy groups -OCH3 is 1. The van der Waals surface area contributed by atoms with E-state index in [9.17, 15) is 4.79 Å². The van der Waals surface area contributed by atoms with Crippen molar-refractivity contribution in [1.29, 1.82) is 0 Å². The Kier molecular flexibility index (Phi) is 4.65. The summed E-state index contributed by atoms with van der Waals surface area (Å²) in [6.07, 6.45) is 3.30. The Hall–Kier alpha value is -1.55. The van der Waals surface area contributed by atoms with E-state index in [0.29, 0.717) is 23.8 Å². The summed E-state index contributed by atoms with van der Waals surface area (Å²) in [5, 5.41) is 0. The standard InChI is InChI=1S/C16H24N2O2/c1-11-7-8-15(20-3)13(9-11)16(19)18(2)14-6-4-5-12(14)10-17/h7-9,12,14H,4-6,10,17H2,1-3H3. The van der Waals surface area contributed by atoms with Crippen molar-refractivity contribution in [2.45, 2.75) is 32.2 Å². The van der Waals surface area contributed by atoms with E-state index in [0.717, 1.165) is 24.8 Å². The molecule has 1 aliphatic rings. The first kappa shape index (κ1) is 14.9. The van der Waals surface area contributed by atoms with Crippen molar-refractivity contribution >= 4 is 5.91 Å². The SMILES string of the molecule is COc1ccc(C)cc1C(=O)N(C)C1CCCC1CN. The topological polar surface area (TPSA) is 55.6 Å². The Labute approximate surface area is 120 Å². The van der Waals surface area contributed by atoms with Crippen molar-refractivity contribution in [2.75, 3.05) is 20.7 Å². The summed E-state index contributed by atoms with van der Waals surface area (Å²) in [6, 6.07) is 5.95. The van der Waals surface area contributed by atoms with Crippen LogP contribution in [0.5, 0.6) is 5.75 Å². The average molecular weight is 276 g/mol. The second-order valence-electron chi connectivity index (χ2n) is 5.61. The van der Waals surface area contributed by atoms with Crippen LogP contribution in [0.25, 0.3) is 0 Å². The Morgan fingerprint density at radius 3 is 2.85 bits per heavy atom. The van der Waals surface area contributed by atoms with Gasteiger partial charge in [-0.05, 0) is 44.4 Å². The van der Waals surface area contributed by atoms with Gasteiger partial charge < -0.3 is 15.4 Å². The van der Waals surface area contributed by atoms with E-state index in [1.165, 1.54) is 0 Å². The summed E-state index contributed by atoms with van der Waals surface area (Å²) in [5.41, 5.74) is 7.51. The molecule has 0 heterocycles. The lowest BCUT2D eigenvalue weighted by Gasteiger charge is -2.29. The van der Waals surface area contributed by atoms with E-state index in [-0.39, 0.29) is 11.9 Å². The van der Waals surface area contributed by atoms with Gasteiger partial charge in [-0.15, -0.1) is 0 Å². The molecule has 1 fully saturated rings. The molecule has 20 heavy (non-hydrogen) atoms. The van der Waals surface area contributed by atoms with Crippen molar-refractivity contribution < 1.29 is 9.53 Å². The molecule has 110 valence electrons. The predicted molar refractivity (Wildman–Crippen MR) is 80.0 cm³/mol. The van der Waals surface area contributed by atoms with Crippen molar-refractivity contribution in [3.63, 3.8) is 0 Å². The molecule has 0 spiro atoms. The lowest BCUT2D eigenvalue weighted by atomic mass is 10.0. The monoisotopic (exact) mass is 276 g/mol. The third kappa shape index (κ3) is 2.80. The Morgan fingerprint density at radius 2 is 2.20 bits per heavy atom. The van der Waals surface area contributed by atoms with E-state index in [1.807, 2.05) is 37.1 Å². The van der Waals surface area contributed by atoms with E-state index in [2.05, 4.69) is 0 Å². The minimum atomic E-state index is 0.0240. The van der Waals surface area contributed by atoms with Crippen LogP contribution in [-0.4, -0.2) is 37.6 Å². The van der Waals surface area contributed by atoms with E-state index >= 15 is 0 Å². The molecule has 2 atom stereocenters. The van der Waals surface area contributed by atoms with Gasteiger partial charge in [-0.2, -0.15) is 0 Å². The fourth-order valence-corrected chi connectivity index (χ4v) is 3.13. The Morgan fingerprint density at radius 1 is 1.45 bits per heavy atom. The van der Waals surface area contributed by atoms with E-state index in [4.69, 9.17) is 10.5 Å². The fourth-order valence-electron chi connectivity index (χ4n) is 3.13. The van der Waals surface area contributed by atoms with Gasteiger partial charge in [0.1, 0.15) is 5.75 Å². The number of hydrogen-bond donors (Lipinski definition) is 1. The number of carbonyl (C=O) groups is 1. The number of carbonyl (C=O) groups excluding carboxylic acids is 1. The van der Waals surface area contributed by atoms with Crippen LogP contribution in [0, 0.1) is 12.8 Å². The van der Waals surface area contributed by atoms with Crippen molar-refractivity contribution in [2.24, 2.45) is 11.7 Å². The number of hydrogen-bond acceptors (Lipinski definition) is 3. The number of nitrogens with two attached hydrogens (primary N) is 1. The molecule has 1 aromatic carbocycles. The molecule has 1 aliphatic carbocycles. The molecule has 0 radical (unpaired) electrons. The molecule has 0 bridgehead atoms. The third-order valence-electron chi connectivity index (χ3n) is 4.32. The molecule has 1 saturated carbocycles. The molecule has 2 N–H and O–H groups in total. The number of aryl methyl sites for hydroxylation is 1. The minimum absolute atomic E-state index is 0.0240. The maximum atomic E-state index is 12.7.